The molecule has 47 heavy (non-hydrogen) atoms. The quantitative estimate of drug-likeness (QED) is 0.165. The number of carbonyl (C=O) groups excluding carboxylic acids is 2. The Bertz CT molecular complexity index is 1760. The molecule has 0 saturated heterocycles. The molecule has 1 atom stereocenters. The van der Waals surface area contributed by atoms with Crippen molar-refractivity contribution in [3.05, 3.63) is 125 Å². The highest BCUT2D eigenvalue weighted by Crippen LogP contribution is 2.27. The molecule has 4 aromatic carbocycles. The molecule has 0 unspecified atom stereocenters. The van der Waals surface area contributed by atoms with Gasteiger partial charge < -0.3 is 15.0 Å². The first kappa shape index (κ1) is 35.6. The lowest BCUT2D eigenvalue weighted by molar-refractivity contribution is -0.140. The Balaban J connectivity index is 1.81. The highest BCUT2D eigenvalue weighted by molar-refractivity contribution is 9.10. The van der Waals surface area contributed by atoms with Crippen LogP contribution >= 0.6 is 15.9 Å². The third kappa shape index (κ3) is 9.89. The zero-order valence-electron chi connectivity index (χ0n) is 26.8. The number of carbonyl (C=O) groups is 2. The van der Waals surface area contributed by atoms with Crippen LogP contribution in [0.2, 0.25) is 0 Å². The van der Waals surface area contributed by atoms with E-state index in [4.69, 9.17) is 4.74 Å². The van der Waals surface area contributed by atoms with E-state index in [1.807, 2.05) is 82.3 Å². The van der Waals surface area contributed by atoms with Gasteiger partial charge in [-0.2, -0.15) is 0 Å². The van der Waals surface area contributed by atoms with E-state index in [1.165, 1.54) is 41.3 Å². The first-order valence-electron chi connectivity index (χ1n) is 15.2. The Kier molecular flexibility index (Phi) is 11.8. The fourth-order valence-electron chi connectivity index (χ4n) is 4.98. The maximum absolute atomic E-state index is 14.5. The van der Waals surface area contributed by atoms with Crippen molar-refractivity contribution in [1.29, 1.82) is 0 Å². The van der Waals surface area contributed by atoms with Gasteiger partial charge in [0, 0.05) is 23.0 Å². The van der Waals surface area contributed by atoms with Gasteiger partial charge in [-0.05, 0) is 99.5 Å². The van der Waals surface area contributed by atoms with E-state index in [0.717, 1.165) is 32.0 Å². The number of benzene rings is 4. The summed E-state index contributed by atoms with van der Waals surface area (Å²) in [5, 5.41) is 3.01. The van der Waals surface area contributed by atoms with Crippen LogP contribution in [0.5, 0.6) is 5.75 Å². The minimum atomic E-state index is -4.34. The first-order valence-corrected chi connectivity index (χ1v) is 17.4. The van der Waals surface area contributed by atoms with Crippen LogP contribution in [0.25, 0.3) is 0 Å². The molecule has 0 aromatic heterocycles. The number of rotatable bonds is 13. The molecule has 4 aromatic rings. The predicted molar refractivity (Wildman–Crippen MR) is 185 cm³/mol. The van der Waals surface area contributed by atoms with Crippen molar-refractivity contribution >= 4 is 43.5 Å². The molecule has 248 valence electrons. The molecule has 0 aliphatic rings. The number of ether oxygens (including phenoxy) is 1. The maximum atomic E-state index is 14.5. The SMILES string of the molecule is CCOc1ccc(S(=O)(=O)N(CC(=O)N(Cc2cccc(Br)c2)[C@H](Cc2ccccc2)C(=O)NC(C)(C)C)c2ccc(F)cc2)cc1. The van der Waals surface area contributed by atoms with Crippen LogP contribution in [-0.4, -0.2) is 49.9 Å². The van der Waals surface area contributed by atoms with Crippen molar-refractivity contribution in [2.45, 2.75) is 57.1 Å². The lowest BCUT2D eigenvalue weighted by Crippen LogP contribution is -2.56. The van der Waals surface area contributed by atoms with E-state index < -0.39 is 39.9 Å². The first-order chi connectivity index (χ1) is 22.3. The molecule has 2 amide bonds. The second kappa shape index (κ2) is 15.6. The van der Waals surface area contributed by atoms with E-state index in [0.29, 0.717) is 12.4 Å². The van der Waals surface area contributed by atoms with Gasteiger partial charge in [0.2, 0.25) is 11.8 Å². The molecule has 0 aliphatic carbocycles. The molecule has 8 nitrogen and oxygen atoms in total. The topological polar surface area (TPSA) is 96.0 Å². The summed E-state index contributed by atoms with van der Waals surface area (Å²) in [5.74, 6) is -1.07. The number of hydrogen-bond acceptors (Lipinski definition) is 5. The van der Waals surface area contributed by atoms with Crippen LogP contribution in [0.1, 0.15) is 38.8 Å². The van der Waals surface area contributed by atoms with Crippen LogP contribution < -0.4 is 14.4 Å². The minimum absolute atomic E-state index is 0.0215. The molecular weight excluding hydrogens is 685 g/mol. The van der Waals surface area contributed by atoms with Gasteiger partial charge in [-0.1, -0.05) is 58.4 Å². The Hall–Kier alpha value is -4.22. The number of amides is 2. The number of sulfonamides is 1. The Morgan fingerprint density at radius 2 is 1.53 bits per heavy atom. The Labute approximate surface area is 284 Å². The van der Waals surface area contributed by atoms with Crippen molar-refractivity contribution in [1.82, 2.24) is 10.2 Å². The molecule has 0 spiro atoms. The summed E-state index contributed by atoms with van der Waals surface area (Å²) in [6.45, 7) is 7.15. The van der Waals surface area contributed by atoms with Gasteiger partial charge in [-0.3, -0.25) is 13.9 Å². The van der Waals surface area contributed by atoms with Gasteiger partial charge in [-0.25, -0.2) is 12.8 Å². The molecular formula is C36H39BrFN3O5S. The number of nitrogens with zero attached hydrogens (tertiary/aromatic N) is 2. The van der Waals surface area contributed by atoms with Crippen molar-refractivity contribution < 1.29 is 27.1 Å². The summed E-state index contributed by atoms with van der Waals surface area (Å²) in [6.07, 6.45) is 0.185. The second-order valence-corrected chi connectivity index (χ2v) is 14.8. The number of anilines is 1. The zero-order valence-corrected chi connectivity index (χ0v) is 29.2. The van der Waals surface area contributed by atoms with E-state index in [-0.39, 0.29) is 29.5 Å². The highest BCUT2D eigenvalue weighted by atomic mass is 79.9. The summed E-state index contributed by atoms with van der Waals surface area (Å²) in [4.78, 5) is 29.8. The van der Waals surface area contributed by atoms with E-state index in [1.54, 1.807) is 0 Å². The minimum Gasteiger partial charge on any atom is -0.494 e. The number of hydrogen-bond donors (Lipinski definition) is 1. The van der Waals surface area contributed by atoms with Crippen molar-refractivity contribution in [2.24, 2.45) is 0 Å². The molecule has 0 aliphatic heterocycles. The molecule has 4 rings (SSSR count). The van der Waals surface area contributed by atoms with Crippen LogP contribution in [0.4, 0.5) is 10.1 Å². The predicted octanol–water partition coefficient (Wildman–Crippen LogP) is 6.74. The van der Waals surface area contributed by atoms with Crippen molar-refractivity contribution in [3.8, 4) is 5.75 Å². The Morgan fingerprint density at radius 3 is 2.13 bits per heavy atom. The van der Waals surface area contributed by atoms with Crippen LogP contribution in [0, 0.1) is 5.82 Å². The fourth-order valence-corrected chi connectivity index (χ4v) is 6.84. The third-order valence-electron chi connectivity index (χ3n) is 7.13. The van der Waals surface area contributed by atoms with Gasteiger partial charge in [-0.15, -0.1) is 0 Å². The molecule has 0 bridgehead atoms. The van der Waals surface area contributed by atoms with Crippen molar-refractivity contribution in [2.75, 3.05) is 17.5 Å². The Morgan fingerprint density at radius 1 is 0.894 bits per heavy atom. The lowest BCUT2D eigenvalue weighted by Gasteiger charge is -2.35. The normalized spacial score (nSPS) is 12.2. The van der Waals surface area contributed by atoms with Crippen LogP contribution in [0.15, 0.2) is 112 Å². The summed E-state index contributed by atoms with van der Waals surface area (Å²) >= 11 is 3.48. The molecule has 0 saturated carbocycles. The monoisotopic (exact) mass is 723 g/mol. The molecule has 0 fully saturated rings. The van der Waals surface area contributed by atoms with E-state index in [9.17, 15) is 22.4 Å². The molecule has 0 radical (unpaired) electrons. The van der Waals surface area contributed by atoms with Crippen molar-refractivity contribution in [3.63, 3.8) is 0 Å². The van der Waals surface area contributed by atoms with Crippen LogP contribution in [0.3, 0.4) is 0 Å². The van der Waals surface area contributed by atoms with Gasteiger partial charge in [0.1, 0.15) is 24.2 Å². The fraction of sp³-hybridized carbons (Fsp3) is 0.278. The summed E-state index contributed by atoms with van der Waals surface area (Å²) in [6, 6.07) is 26.4. The van der Waals surface area contributed by atoms with E-state index >= 15 is 0 Å². The molecule has 1 N–H and O–H groups in total. The van der Waals surface area contributed by atoms with Gasteiger partial charge >= 0.3 is 0 Å². The van der Waals surface area contributed by atoms with Gasteiger partial charge in [0.15, 0.2) is 0 Å². The van der Waals surface area contributed by atoms with Crippen LogP contribution in [-0.2, 0) is 32.6 Å². The average molecular weight is 725 g/mol. The second-order valence-electron chi connectivity index (χ2n) is 12.0. The zero-order chi connectivity index (χ0) is 34.2. The summed E-state index contributed by atoms with van der Waals surface area (Å²) in [5.41, 5.74) is 1.05. The largest absolute Gasteiger partial charge is 0.494 e. The molecule has 0 heterocycles. The lowest BCUT2D eigenvalue weighted by atomic mass is 10.0. The number of halogens is 2. The summed E-state index contributed by atoms with van der Waals surface area (Å²) < 4.78 is 49.5. The maximum Gasteiger partial charge on any atom is 0.264 e. The smallest absolute Gasteiger partial charge is 0.264 e. The van der Waals surface area contributed by atoms with E-state index in [2.05, 4.69) is 21.2 Å². The third-order valence-corrected chi connectivity index (χ3v) is 9.41. The van der Waals surface area contributed by atoms with Gasteiger partial charge in [0.25, 0.3) is 10.0 Å². The highest BCUT2D eigenvalue weighted by Gasteiger charge is 2.35. The number of nitrogens with one attached hydrogen (secondary N) is 1. The average Bonchev–Trinajstić information content (AvgIpc) is 3.02. The standard InChI is InChI=1S/C36H39BrFN3O5S/c1-5-46-31-18-20-32(21-19-31)47(44,45)41(30-16-14-29(38)15-17-30)25-34(42)40(24-27-12-9-13-28(37)22-27)33(35(43)39-36(2,3)4)23-26-10-7-6-8-11-26/h6-22,33H,5,23-25H2,1-4H3,(H,39,43)/t33-/m1/s1. The van der Waals surface area contributed by atoms with Gasteiger partial charge in [0.05, 0.1) is 17.2 Å². The summed E-state index contributed by atoms with van der Waals surface area (Å²) in [7, 11) is -4.34. The molecule has 11 heteroatoms.